The van der Waals surface area contributed by atoms with Crippen LogP contribution in [-0.4, -0.2) is 21.5 Å². The van der Waals surface area contributed by atoms with Crippen LogP contribution in [0.5, 0.6) is 0 Å². The van der Waals surface area contributed by atoms with Crippen molar-refractivity contribution in [2.45, 2.75) is 44.4 Å². The maximum atomic E-state index is 12.2. The zero-order chi connectivity index (χ0) is 14.3. The minimum absolute atomic E-state index is 0.384. The number of unbranched alkanes of at least 4 members (excludes halogenated alkanes) is 3. The molecule has 0 amide bonds. The lowest BCUT2D eigenvalue weighted by Gasteiger charge is -2.10. The van der Waals surface area contributed by atoms with Gasteiger partial charge in [0.25, 0.3) is 0 Å². The van der Waals surface area contributed by atoms with Crippen molar-refractivity contribution in [3.63, 3.8) is 0 Å². The quantitative estimate of drug-likeness (QED) is 0.718. The van der Waals surface area contributed by atoms with Crippen LogP contribution >= 0.6 is 0 Å². The van der Waals surface area contributed by atoms with E-state index in [1.807, 2.05) is 26.0 Å². The van der Waals surface area contributed by atoms with Crippen LogP contribution in [0.4, 0.5) is 0 Å². The van der Waals surface area contributed by atoms with Gasteiger partial charge in [-0.2, -0.15) is 0 Å². The zero-order valence-corrected chi connectivity index (χ0v) is 12.6. The van der Waals surface area contributed by atoms with Gasteiger partial charge in [-0.3, -0.25) is 0 Å². The van der Waals surface area contributed by atoms with Gasteiger partial charge >= 0.3 is 0 Å². The van der Waals surface area contributed by atoms with E-state index in [2.05, 4.69) is 4.72 Å². The summed E-state index contributed by atoms with van der Waals surface area (Å²) in [6, 6.07) is 5.47. The van der Waals surface area contributed by atoms with E-state index in [1.165, 1.54) is 0 Å². The first kappa shape index (κ1) is 16.1. The molecule has 0 spiro atoms. The van der Waals surface area contributed by atoms with Crippen LogP contribution in [0.2, 0.25) is 0 Å². The van der Waals surface area contributed by atoms with Gasteiger partial charge in [-0.1, -0.05) is 25.0 Å². The molecular formula is C14H24N2O2S. The number of benzene rings is 1. The summed E-state index contributed by atoms with van der Waals surface area (Å²) in [5.41, 5.74) is 7.14. The molecule has 0 fully saturated rings. The van der Waals surface area contributed by atoms with Gasteiger partial charge in [0.15, 0.2) is 0 Å². The van der Waals surface area contributed by atoms with Gasteiger partial charge in [-0.05, 0) is 50.4 Å². The number of nitrogens with one attached hydrogen (secondary N) is 1. The van der Waals surface area contributed by atoms with Gasteiger partial charge < -0.3 is 5.73 Å². The largest absolute Gasteiger partial charge is 0.330 e. The SMILES string of the molecule is Cc1ccc(C)c(S(=O)(=O)NCCCCCCN)c1. The van der Waals surface area contributed by atoms with E-state index in [0.29, 0.717) is 18.0 Å². The van der Waals surface area contributed by atoms with E-state index >= 15 is 0 Å². The molecule has 1 rings (SSSR count). The second kappa shape index (κ2) is 7.62. The highest BCUT2D eigenvalue weighted by Crippen LogP contribution is 2.16. The Morgan fingerprint density at radius 3 is 2.47 bits per heavy atom. The predicted molar refractivity (Wildman–Crippen MR) is 78.6 cm³/mol. The molecule has 0 aliphatic heterocycles. The molecule has 0 radical (unpaired) electrons. The number of rotatable bonds is 8. The van der Waals surface area contributed by atoms with E-state index in [-0.39, 0.29) is 0 Å². The summed E-state index contributed by atoms with van der Waals surface area (Å²) in [4.78, 5) is 0.384. The lowest BCUT2D eigenvalue weighted by atomic mass is 10.2. The van der Waals surface area contributed by atoms with Crippen molar-refractivity contribution in [2.75, 3.05) is 13.1 Å². The fourth-order valence-electron chi connectivity index (χ4n) is 1.90. The maximum absolute atomic E-state index is 12.2. The van der Waals surface area contributed by atoms with Crippen molar-refractivity contribution >= 4 is 10.0 Å². The maximum Gasteiger partial charge on any atom is 0.240 e. The number of sulfonamides is 1. The normalized spacial score (nSPS) is 11.7. The summed E-state index contributed by atoms with van der Waals surface area (Å²) in [5.74, 6) is 0. The van der Waals surface area contributed by atoms with Crippen molar-refractivity contribution in [2.24, 2.45) is 5.73 Å². The molecule has 1 aromatic rings. The minimum Gasteiger partial charge on any atom is -0.330 e. The van der Waals surface area contributed by atoms with E-state index < -0.39 is 10.0 Å². The van der Waals surface area contributed by atoms with Crippen molar-refractivity contribution in [1.29, 1.82) is 0 Å². The molecule has 19 heavy (non-hydrogen) atoms. The summed E-state index contributed by atoms with van der Waals surface area (Å²) < 4.78 is 27.0. The second-order valence-corrected chi connectivity index (χ2v) is 6.60. The number of hydrogen-bond donors (Lipinski definition) is 2. The molecule has 4 nitrogen and oxygen atoms in total. The van der Waals surface area contributed by atoms with Crippen LogP contribution < -0.4 is 10.5 Å². The predicted octanol–water partition coefficient (Wildman–Crippen LogP) is 2.10. The molecule has 108 valence electrons. The summed E-state index contributed by atoms with van der Waals surface area (Å²) in [6.45, 7) is 4.90. The standard InChI is InChI=1S/C14H24N2O2S/c1-12-7-8-13(2)14(11-12)19(17,18)16-10-6-4-3-5-9-15/h7-8,11,16H,3-6,9-10,15H2,1-2H3. The molecule has 0 saturated heterocycles. The molecule has 0 heterocycles. The minimum atomic E-state index is -3.38. The van der Waals surface area contributed by atoms with Crippen LogP contribution in [0.25, 0.3) is 0 Å². The third-order valence-corrected chi connectivity index (χ3v) is 4.66. The Balaban J connectivity index is 2.54. The monoisotopic (exact) mass is 284 g/mol. The Hall–Kier alpha value is -0.910. The Morgan fingerprint density at radius 2 is 1.79 bits per heavy atom. The molecule has 0 unspecified atom stereocenters. The molecular weight excluding hydrogens is 260 g/mol. The van der Waals surface area contributed by atoms with Crippen molar-refractivity contribution in [1.82, 2.24) is 4.72 Å². The van der Waals surface area contributed by atoms with Crippen LogP contribution in [0, 0.1) is 13.8 Å². The average molecular weight is 284 g/mol. The molecule has 1 aromatic carbocycles. The first-order chi connectivity index (χ1) is 8.97. The molecule has 5 heteroatoms. The third-order valence-electron chi connectivity index (χ3n) is 3.06. The van der Waals surface area contributed by atoms with Gasteiger partial charge in [0.05, 0.1) is 4.90 Å². The van der Waals surface area contributed by atoms with Crippen molar-refractivity contribution in [3.8, 4) is 0 Å². The molecule has 0 saturated carbocycles. The Kier molecular flexibility index (Phi) is 6.48. The first-order valence-corrected chi connectivity index (χ1v) is 8.22. The third kappa shape index (κ3) is 5.30. The summed E-state index contributed by atoms with van der Waals surface area (Å²) in [6.07, 6.45) is 3.92. The summed E-state index contributed by atoms with van der Waals surface area (Å²) in [7, 11) is -3.38. The molecule has 0 atom stereocenters. The fourth-order valence-corrected chi connectivity index (χ4v) is 3.31. The summed E-state index contributed by atoms with van der Waals surface area (Å²) in [5, 5.41) is 0. The van der Waals surface area contributed by atoms with Gasteiger partial charge in [-0.15, -0.1) is 0 Å². The Bertz CT molecular complexity index is 498. The highest BCUT2D eigenvalue weighted by atomic mass is 32.2. The number of nitrogens with two attached hydrogens (primary N) is 1. The Morgan fingerprint density at radius 1 is 1.11 bits per heavy atom. The lowest BCUT2D eigenvalue weighted by Crippen LogP contribution is -2.25. The average Bonchev–Trinajstić information content (AvgIpc) is 2.36. The number of hydrogen-bond acceptors (Lipinski definition) is 3. The van der Waals surface area contributed by atoms with Gasteiger partial charge in [0.1, 0.15) is 0 Å². The van der Waals surface area contributed by atoms with Crippen LogP contribution in [0.3, 0.4) is 0 Å². The van der Waals surface area contributed by atoms with Crippen molar-refractivity contribution in [3.05, 3.63) is 29.3 Å². The molecule has 0 bridgehead atoms. The fraction of sp³-hybridized carbons (Fsp3) is 0.571. The highest BCUT2D eigenvalue weighted by Gasteiger charge is 2.15. The van der Waals surface area contributed by atoms with Crippen molar-refractivity contribution < 1.29 is 8.42 Å². The van der Waals surface area contributed by atoms with Crippen LogP contribution in [0.1, 0.15) is 36.8 Å². The molecule has 0 aliphatic carbocycles. The van der Waals surface area contributed by atoms with Crippen LogP contribution in [-0.2, 0) is 10.0 Å². The van der Waals surface area contributed by atoms with E-state index in [0.717, 1.165) is 36.8 Å². The van der Waals surface area contributed by atoms with E-state index in [1.54, 1.807) is 6.07 Å². The second-order valence-electron chi connectivity index (χ2n) is 4.87. The Labute approximate surface area is 116 Å². The summed E-state index contributed by atoms with van der Waals surface area (Å²) >= 11 is 0. The zero-order valence-electron chi connectivity index (χ0n) is 11.8. The molecule has 0 aromatic heterocycles. The smallest absolute Gasteiger partial charge is 0.240 e. The topological polar surface area (TPSA) is 72.2 Å². The lowest BCUT2D eigenvalue weighted by molar-refractivity contribution is 0.571. The van der Waals surface area contributed by atoms with E-state index in [4.69, 9.17) is 5.73 Å². The number of aryl methyl sites for hydroxylation is 2. The highest BCUT2D eigenvalue weighted by molar-refractivity contribution is 7.89. The van der Waals surface area contributed by atoms with Crippen LogP contribution in [0.15, 0.2) is 23.1 Å². The van der Waals surface area contributed by atoms with Gasteiger partial charge in [-0.25, -0.2) is 13.1 Å². The van der Waals surface area contributed by atoms with Gasteiger partial charge in [0.2, 0.25) is 10.0 Å². The molecule has 3 N–H and O–H groups in total. The first-order valence-electron chi connectivity index (χ1n) is 6.74. The van der Waals surface area contributed by atoms with E-state index in [9.17, 15) is 8.42 Å². The van der Waals surface area contributed by atoms with Gasteiger partial charge in [0, 0.05) is 6.54 Å². The molecule has 0 aliphatic rings.